The Kier molecular flexibility index (Phi) is 2.64. The first-order chi connectivity index (χ1) is 4.66. The van der Waals surface area contributed by atoms with Gasteiger partial charge in [0.2, 0.25) is 0 Å². The van der Waals surface area contributed by atoms with Crippen LogP contribution in [0.25, 0.3) is 0 Å². The summed E-state index contributed by atoms with van der Waals surface area (Å²) in [4.78, 5) is 0. The molecule has 0 saturated heterocycles. The number of aliphatic hydroxyl groups is 1. The molecule has 0 bridgehead atoms. The largest absolute Gasteiger partial charge is 0.390 e. The van der Waals surface area contributed by atoms with Crippen molar-refractivity contribution in [3.63, 3.8) is 0 Å². The molecule has 1 rings (SSSR count). The molecule has 5 atom stereocenters. The lowest BCUT2D eigenvalue weighted by molar-refractivity contribution is 0.0551. The Morgan fingerprint density at radius 3 is 2.50 bits per heavy atom. The fourth-order valence-corrected chi connectivity index (χ4v) is 1.87. The van der Waals surface area contributed by atoms with E-state index in [9.17, 15) is 5.11 Å². The van der Waals surface area contributed by atoms with Crippen molar-refractivity contribution in [2.75, 3.05) is 0 Å². The van der Waals surface area contributed by atoms with Gasteiger partial charge < -0.3 is 15.4 Å². The maximum Gasteiger partial charge on any atom is 0.0910 e. The minimum absolute atomic E-state index is 0.0838. The Morgan fingerprint density at radius 1 is 1.70 bits per heavy atom. The van der Waals surface area contributed by atoms with E-state index in [0.29, 0.717) is 6.42 Å². The molecule has 3 nitrogen and oxygen atoms in total. The van der Waals surface area contributed by atoms with Gasteiger partial charge in [-0.1, -0.05) is 6.92 Å². The van der Waals surface area contributed by atoms with E-state index in [0.717, 1.165) is 0 Å². The molecule has 0 aromatic carbocycles. The van der Waals surface area contributed by atoms with Crippen LogP contribution in [0.3, 0.4) is 0 Å². The topological polar surface area (TPSA) is 55.5 Å². The smallest absolute Gasteiger partial charge is 0.0910 e. The molecule has 0 aromatic heterocycles. The van der Waals surface area contributed by atoms with Crippen LogP contribution in [0.2, 0.25) is 0 Å². The van der Waals surface area contributed by atoms with Crippen molar-refractivity contribution in [2.45, 2.75) is 31.6 Å². The first-order valence-electron chi connectivity index (χ1n) is 3.46. The molecular formula is C6H14NO2P. The summed E-state index contributed by atoms with van der Waals surface area (Å²) in [5, 5.41) is 9.31. The molecule has 0 radical (unpaired) electrons. The molecule has 0 spiro atoms. The number of nitrogens with two attached hydrogens (primary N) is 1. The molecule has 1 unspecified atom stereocenters. The van der Waals surface area contributed by atoms with Crippen LogP contribution in [0.15, 0.2) is 0 Å². The Morgan fingerprint density at radius 2 is 2.30 bits per heavy atom. The zero-order valence-corrected chi connectivity index (χ0v) is 7.18. The van der Waals surface area contributed by atoms with Gasteiger partial charge in [0.1, 0.15) is 0 Å². The van der Waals surface area contributed by atoms with Gasteiger partial charge in [0, 0.05) is 21.4 Å². The third-order valence-corrected chi connectivity index (χ3v) is 2.56. The number of rotatable bonds is 1. The van der Waals surface area contributed by atoms with Gasteiger partial charge >= 0.3 is 0 Å². The maximum atomic E-state index is 9.31. The van der Waals surface area contributed by atoms with Crippen LogP contribution in [0.4, 0.5) is 0 Å². The molecule has 4 heteroatoms. The number of hydrogen-bond acceptors (Lipinski definition) is 3. The highest BCUT2D eigenvalue weighted by molar-refractivity contribution is 7.09. The SMILES string of the molecule is C[C@@H]1[C@H](OP)[C@@H](O)C[C@H]1N. The lowest BCUT2D eigenvalue weighted by Crippen LogP contribution is -2.28. The Bertz CT molecular complexity index is 122. The van der Waals surface area contributed by atoms with Gasteiger partial charge in [-0.25, -0.2) is 0 Å². The molecular weight excluding hydrogens is 149 g/mol. The molecule has 0 aliphatic heterocycles. The quantitative estimate of drug-likeness (QED) is 0.530. The number of aliphatic hydroxyl groups excluding tert-OH is 1. The van der Waals surface area contributed by atoms with Crippen LogP contribution in [0, 0.1) is 5.92 Å². The average Bonchev–Trinajstić information content (AvgIpc) is 2.09. The second-order valence-corrected chi connectivity index (χ2v) is 3.20. The van der Waals surface area contributed by atoms with Crippen molar-refractivity contribution in [3.8, 4) is 0 Å². The van der Waals surface area contributed by atoms with Crippen LogP contribution < -0.4 is 5.73 Å². The normalized spacial score (nSPS) is 48.0. The Balaban J connectivity index is 2.55. The van der Waals surface area contributed by atoms with Crippen LogP contribution in [0.1, 0.15) is 13.3 Å². The van der Waals surface area contributed by atoms with E-state index < -0.39 is 0 Å². The third-order valence-electron chi connectivity index (χ3n) is 2.24. The third kappa shape index (κ3) is 1.32. The first-order valence-corrected chi connectivity index (χ1v) is 3.93. The zero-order valence-electron chi connectivity index (χ0n) is 6.03. The van der Waals surface area contributed by atoms with Gasteiger partial charge in [0.25, 0.3) is 0 Å². The lowest BCUT2D eigenvalue weighted by Gasteiger charge is -2.17. The minimum Gasteiger partial charge on any atom is -0.390 e. The highest BCUT2D eigenvalue weighted by Gasteiger charge is 2.37. The summed E-state index contributed by atoms with van der Waals surface area (Å²) in [5.41, 5.74) is 5.69. The predicted octanol–water partition coefficient (Wildman–Crippen LogP) is -0.110. The summed E-state index contributed by atoms with van der Waals surface area (Å²) in [6.07, 6.45) is 0.169. The highest BCUT2D eigenvalue weighted by atomic mass is 31.0. The molecule has 1 saturated carbocycles. The van der Waals surface area contributed by atoms with E-state index in [2.05, 4.69) is 9.47 Å². The van der Waals surface area contributed by atoms with Crippen LogP contribution in [-0.4, -0.2) is 23.4 Å². The van der Waals surface area contributed by atoms with Crippen molar-refractivity contribution in [2.24, 2.45) is 11.7 Å². The highest BCUT2D eigenvalue weighted by Crippen LogP contribution is 2.28. The molecule has 1 aliphatic carbocycles. The van der Waals surface area contributed by atoms with Gasteiger partial charge in [-0.2, -0.15) is 0 Å². The molecule has 1 aliphatic rings. The van der Waals surface area contributed by atoms with E-state index in [4.69, 9.17) is 10.3 Å². The maximum absolute atomic E-state index is 9.31. The summed E-state index contributed by atoms with van der Waals surface area (Å²) in [5.74, 6) is 0.257. The second-order valence-electron chi connectivity index (χ2n) is 2.93. The van der Waals surface area contributed by atoms with E-state index in [-0.39, 0.29) is 24.2 Å². The summed E-state index contributed by atoms with van der Waals surface area (Å²) >= 11 is 0. The monoisotopic (exact) mass is 163 g/mol. The van der Waals surface area contributed by atoms with Gasteiger partial charge in [-0.15, -0.1) is 0 Å². The minimum atomic E-state index is -0.387. The van der Waals surface area contributed by atoms with Crippen molar-refractivity contribution in [1.82, 2.24) is 0 Å². The predicted molar refractivity (Wildman–Crippen MR) is 42.3 cm³/mol. The van der Waals surface area contributed by atoms with E-state index in [1.807, 2.05) is 6.92 Å². The summed E-state index contributed by atoms with van der Waals surface area (Å²) in [7, 11) is 2.17. The van der Waals surface area contributed by atoms with Crippen molar-refractivity contribution in [3.05, 3.63) is 0 Å². The van der Waals surface area contributed by atoms with E-state index in [1.165, 1.54) is 0 Å². The molecule has 3 N–H and O–H groups in total. The summed E-state index contributed by atoms with van der Waals surface area (Å²) in [6, 6.07) is 0.0838. The van der Waals surface area contributed by atoms with E-state index in [1.54, 1.807) is 0 Å². The molecule has 0 amide bonds. The molecule has 1 fully saturated rings. The standard InChI is InChI=1S/C6H14NO2P/c1-3-4(7)2-5(8)6(3)9-10/h3-6,8H,2,7,10H2,1H3/t3-,4+,5-,6-/m0/s1. The van der Waals surface area contributed by atoms with E-state index >= 15 is 0 Å². The van der Waals surface area contributed by atoms with Gasteiger partial charge in [-0.3, -0.25) is 0 Å². The van der Waals surface area contributed by atoms with Crippen LogP contribution in [-0.2, 0) is 4.52 Å². The average molecular weight is 163 g/mol. The van der Waals surface area contributed by atoms with Gasteiger partial charge in [-0.05, 0) is 6.42 Å². The Labute approximate surface area is 63.2 Å². The molecule has 60 valence electrons. The van der Waals surface area contributed by atoms with Crippen LogP contribution >= 0.6 is 9.47 Å². The van der Waals surface area contributed by atoms with Gasteiger partial charge in [0.05, 0.1) is 12.2 Å². The van der Waals surface area contributed by atoms with Crippen molar-refractivity contribution < 1.29 is 9.63 Å². The first kappa shape index (κ1) is 8.41. The fraction of sp³-hybridized carbons (Fsp3) is 1.00. The second kappa shape index (κ2) is 3.14. The molecule has 10 heavy (non-hydrogen) atoms. The van der Waals surface area contributed by atoms with Gasteiger partial charge in [0.15, 0.2) is 0 Å². The van der Waals surface area contributed by atoms with Crippen LogP contribution in [0.5, 0.6) is 0 Å². The van der Waals surface area contributed by atoms with Crippen molar-refractivity contribution in [1.29, 1.82) is 0 Å². The number of hydrogen-bond donors (Lipinski definition) is 2. The zero-order chi connectivity index (χ0) is 7.72. The summed E-state index contributed by atoms with van der Waals surface area (Å²) in [6.45, 7) is 2.00. The fourth-order valence-electron chi connectivity index (χ4n) is 1.44. The molecule has 0 aromatic rings. The molecule has 0 heterocycles. The van der Waals surface area contributed by atoms with Crippen molar-refractivity contribution >= 4 is 9.47 Å². The summed E-state index contributed by atoms with van der Waals surface area (Å²) < 4.78 is 4.99. The lowest BCUT2D eigenvalue weighted by atomic mass is 10.1. The Hall–Kier alpha value is 0.310.